The Morgan fingerprint density at radius 1 is 1.29 bits per heavy atom. The van der Waals surface area contributed by atoms with E-state index in [1.165, 1.54) is 25.7 Å². The second kappa shape index (κ2) is 7.04. The van der Waals surface area contributed by atoms with Gasteiger partial charge in [-0.3, -0.25) is 5.43 Å². The maximum Gasteiger partial charge on any atom is 0.240 e. The van der Waals surface area contributed by atoms with E-state index >= 15 is 0 Å². The molecule has 2 aromatic rings. The normalized spacial score (nSPS) is 11.8. The second-order valence-corrected chi connectivity index (χ2v) is 7.05. The minimum absolute atomic E-state index is 0.249. The fourth-order valence-corrected chi connectivity index (χ4v) is 3.08. The van der Waals surface area contributed by atoms with E-state index in [0.717, 1.165) is 22.6 Å². The summed E-state index contributed by atoms with van der Waals surface area (Å²) in [7, 11) is 0. The van der Waals surface area contributed by atoms with Gasteiger partial charge in [-0.25, -0.2) is 10.8 Å². The van der Waals surface area contributed by atoms with Gasteiger partial charge in [-0.1, -0.05) is 40.0 Å². The number of anilines is 2. The predicted molar refractivity (Wildman–Crippen MR) is 91.6 cm³/mol. The zero-order valence-corrected chi connectivity index (χ0v) is 13.9. The van der Waals surface area contributed by atoms with Gasteiger partial charge in [0.2, 0.25) is 5.95 Å². The average molecular weight is 307 g/mol. The molecule has 0 amide bonds. The first-order chi connectivity index (χ1) is 10.1. The summed E-state index contributed by atoms with van der Waals surface area (Å²) < 4.78 is 0. The fraction of sp³-hybridized carbons (Fsp3) is 0.600. The molecule has 0 saturated heterocycles. The van der Waals surface area contributed by atoms with Crippen LogP contribution in [0.25, 0.3) is 10.2 Å². The van der Waals surface area contributed by atoms with Gasteiger partial charge in [0.15, 0.2) is 0 Å². The summed E-state index contributed by atoms with van der Waals surface area (Å²) in [6.45, 7) is 7.72. The number of nitrogens with zero attached hydrogens (tertiary/aromatic N) is 2. The molecule has 0 atom stereocenters. The summed E-state index contributed by atoms with van der Waals surface area (Å²) in [5.41, 5.74) is 2.78. The molecule has 0 fully saturated rings. The number of nitrogens with two attached hydrogens (primary N) is 1. The molecule has 6 heteroatoms. The Hall–Kier alpha value is -1.40. The van der Waals surface area contributed by atoms with Crippen LogP contribution in [-0.2, 0) is 0 Å². The van der Waals surface area contributed by atoms with Crippen molar-refractivity contribution < 1.29 is 0 Å². The van der Waals surface area contributed by atoms with Gasteiger partial charge in [-0.05, 0) is 23.3 Å². The predicted octanol–water partition coefficient (Wildman–Crippen LogP) is 4.00. The van der Waals surface area contributed by atoms with Crippen LogP contribution < -0.4 is 16.6 Å². The lowest BCUT2D eigenvalue weighted by molar-refractivity contribution is 0.342. The van der Waals surface area contributed by atoms with Gasteiger partial charge in [0, 0.05) is 6.54 Å². The van der Waals surface area contributed by atoms with E-state index in [9.17, 15) is 0 Å². The van der Waals surface area contributed by atoms with Gasteiger partial charge in [-0.2, -0.15) is 4.98 Å². The summed E-state index contributed by atoms with van der Waals surface area (Å²) in [6.07, 6.45) is 5.05. The summed E-state index contributed by atoms with van der Waals surface area (Å²) in [5, 5.41) is 6.56. The van der Waals surface area contributed by atoms with Crippen molar-refractivity contribution in [1.82, 2.24) is 9.97 Å². The standard InChI is InChI=1S/C15H25N5S/c1-4-5-6-8-15(2,3)10-17-12-11-7-9-21-13(11)19-14(18-12)20-16/h7,9H,4-6,8,10,16H2,1-3H3,(H2,17,18,19,20). The smallest absolute Gasteiger partial charge is 0.240 e. The van der Waals surface area contributed by atoms with E-state index in [-0.39, 0.29) is 5.41 Å². The number of hydrogen-bond acceptors (Lipinski definition) is 6. The molecule has 4 N–H and O–H groups in total. The van der Waals surface area contributed by atoms with E-state index in [2.05, 4.69) is 41.5 Å². The summed E-state index contributed by atoms with van der Waals surface area (Å²) in [5.74, 6) is 6.76. The van der Waals surface area contributed by atoms with Crippen LogP contribution >= 0.6 is 11.3 Å². The van der Waals surface area contributed by atoms with Crippen molar-refractivity contribution in [3.05, 3.63) is 11.4 Å². The lowest BCUT2D eigenvalue weighted by Gasteiger charge is -2.25. The number of nitrogen functional groups attached to an aromatic ring is 1. The molecule has 116 valence electrons. The summed E-state index contributed by atoms with van der Waals surface area (Å²) >= 11 is 1.59. The highest BCUT2D eigenvalue weighted by atomic mass is 32.1. The molecule has 0 unspecified atom stereocenters. The molecule has 2 heterocycles. The van der Waals surface area contributed by atoms with Crippen molar-refractivity contribution in [2.24, 2.45) is 11.3 Å². The Morgan fingerprint density at radius 3 is 2.81 bits per heavy atom. The van der Waals surface area contributed by atoms with Crippen LogP contribution in [0.15, 0.2) is 11.4 Å². The Kier molecular flexibility index (Phi) is 5.36. The monoisotopic (exact) mass is 307 g/mol. The van der Waals surface area contributed by atoms with Crippen molar-refractivity contribution in [2.75, 3.05) is 17.3 Å². The Bertz CT molecular complexity index is 578. The molecule has 0 aliphatic heterocycles. The third-order valence-electron chi connectivity index (χ3n) is 3.65. The quantitative estimate of drug-likeness (QED) is 0.390. The number of aromatic nitrogens is 2. The Morgan fingerprint density at radius 2 is 2.10 bits per heavy atom. The van der Waals surface area contributed by atoms with Crippen molar-refractivity contribution in [2.45, 2.75) is 46.5 Å². The molecule has 0 aliphatic rings. The number of fused-ring (bicyclic) bond motifs is 1. The van der Waals surface area contributed by atoms with Crippen LogP contribution in [0.2, 0.25) is 0 Å². The highest BCUT2D eigenvalue weighted by Gasteiger charge is 2.18. The first-order valence-corrected chi connectivity index (χ1v) is 8.39. The van der Waals surface area contributed by atoms with Gasteiger partial charge in [0.25, 0.3) is 0 Å². The molecule has 2 rings (SSSR count). The van der Waals surface area contributed by atoms with Crippen molar-refractivity contribution in [1.29, 1.82) is 0 Å². The molecular formula is C15H25N5S. The van der Waals surface area contributed by atoms with Gasteiger partial charge in [-0.15, -0.1) is 11.3 Å². The van der Waals surface area contributed by atoms with Crippen molar-refractivity contribution in [3.63, 3.8) is 0 Å². The van der Waals surface area contributed by atoms with Crippen molar-refractivity contribution >= 4 is 33.3 Å². The van der Waals surface area contributed by atoms with Crippen molar-refractivity contribution in [3.8, 4) is 0 Å². The number of unbranched alkanes of at least 4 members (excludes halogenated alkanes) is 2. The highest BCUT2D eigenvalue weighted by molar-refractivity contribution is 7.16. The van der Waals surface area contributed by atoms with Gasteiger partial charge < -0.3 is 5.32 Å². The fourth-order valence-electron chi connectivity index (χ4n) is 2.32. The number of hydrazine groups is 1. The molecule has 0 saturated carbocycles. The van der Waals surface area contributed by atoms with Gasteiger partial charge >= 0.3 is 0 Å². The first kappa shape index (κ1) is 16.0. The van der Waals surface area contributed by atoms with E-state index in [4.69, 9.17) is 5.84 Å². The Labute approximate surface area is 130 Å². The number of nitrogens with one attached hydrogen (secondary N) is 2. The van der Waals surface area contributed by atoms with E-state index in [0.29, 0.717) is 5.95 Å². The van der Waals surface area contributed by atoms with E-state index in [1.807, 2.05) is 11.4 Å². The van der Waals surface area contributed by atoms with Gasteiger partial charge in [0.05, 0.1) is 5.39 Å². The molecular weight excluding hydrogens is 282 g/mol. The molecule has 0 radical (unpaired) electrons. The molecule has 2 aromatic heterocycles. The highest BCUT2D eigenvalue weighted by Crippen LogP contribution is 2.29. The lowest BCUT2D eigenvalue weighted by Crippen LogP contribution is -2.24. The zero-order valence-electron chi connectivity index (χ0n) is 13.1. The molecule has 21 heavy (non-hydrogen) atoms. The maximum atomic E-state index is 5.44. The minimum Gasteiger partial charge on any atom is -0.369 e. The van der Waals surface area contributed by atoms with Crippen LogP contribution in [0, 0.1) is 5.41 Å². The number of rotatable bonds is 8. The average Bonchev–Trinajstić information content (AvgIpc) is 2.93. The second-order valence-electron chi connectivity index (χ2n) is 6.15. The summed E-state index contributed by atoms with van der Waals surface area (Å²) in [4.78, 5) is 9.74. The lowest BCUT2D eigenvalue weighted by atomic mass is 9.87. The summed E-state index contributed by atoms with van der Waals surface area (Å²) in [6, 6.07) is 2.05. The number of hydrogen-bond donors (Lipinski definition) is 3. The molecule has 0 bridgehead atoms. The van der Waals surface area contributed by atoms with E-state index in [1.54, 1.807) is 11.3 Å². The Balaban J connectivity index is 2.07. The molecule has 5 nitrogen and oxygen atoms in total. The molecule has 0 spiro atoms. The largest absolute Gasteiger partial charge is 0.369 e. The van der Waals surface area contributed by atoms with Crippen LogP contribution in [0.5, 0.6) is 0 Å². The van der Waals surface area contributed by atoms with E-state index < -0.39 is 0 Å². The van der Waals surface area contributed by atoms with Gasteiger partial charge in [0.1, 0.15) is 10.6 Å². The van der Waals surface area contributed by atoms with Crippen LogP contribution in [-0.4, -0.2) is 16.5 Å². The third kappa shape index (κ3) is 4.28. The van der Waals surface area contributed by atoms with Crippen LogP contribution in [0.1, 0.15) is 46.5 Å². The minimum atomic E-state index is 0.249. The number of thiophene rings is 1. The third-order valence-corrected chi connectivity index (χ3v) is 4.45. The molecule has 0 aliphatic carbocycles. The topological polar surface area (TPSA) is 75.9 Å². The SMILES string of the molecule is CCCCCC(C)(C)CNc1nc(NN)nc2sccc12. The van der Waals surface area contributed by atoms with Crippen LogP contribution in [0.4, 0.5) is 11.8 Å². The maximum absolute atomic E-state index is 5.44. The zero-order chi connectivity index (χ0) is 15.3. The molecule has 0 aromatic carbocycles. The first-order valence-electron chi connectivity index (χ1n) is 7.51. The van der Waals surface area contributed by atoms with Crippen LogP contribution in [0.3, 0.4) is 0 Å².